The quantitative estimate of drug-likeness (QED) is 0.834. The van der Waals surface area contributed by atoms with Crippen molar-refractivity contribution in [2.24, 2.45) is 0 Å². The number of methoxy groups -OCH3 is 1. The highest BCUT2D eigenvalue weighted by molar-refractivity contribution is 6.09. The second-order valence-electron chi connectivity index (χ2n) is 4.90. The van der Waals surface area contributed by atoms with Crippen LogP contribution in [0.25, 0.3) is 0 Å². The van der Waals surface area contributed by atoms with Crippen LogP contribution in [-0.4, -0.2) is 25.5 Å². The van der Waals surface area contributed by atoms with Gasteiger partial charge in [-0.25, -0.2) is 0 Å². The normalized spacial score (nSPS) is 10.0. The standard InChI is InChI=1S/C18H20N2O3/c1-3-20(14-9-5-4-6-10-14)18(22)13-17(21)19-15-11-7-8-12-16(15)23-2/h4-12H,3,13H2,1-2H3,(H,19,21). The first-order chi connectivity index (χ1) is 11.2. The largest absolute Gasteiger partial charge is 0.495 e. The van der Waals surface area contributed by atoms with E-state index in [-0.39, 0.29) is 18.2 Å². The van der Waals surface area contributed by atoms with Gasteiger partial charge < -0.3 is 15.0 Å². The zero-order valence-corrected chi connectivity index (χ0v) is 13.3. The van der Waals surface area contributed by atoms with Crippen LogP contribution < -0.4 is 15.0 Å². The van der Waals surface area contributed by atoms with E-state index in [1.807, 2.05) is 43.3 Å². The summed E-state index contributed by atoms with van der Waals surface area (Å²) in [7, 11) is 1.53. The van der Waals surface area contributed by atoms with Gasteiger partial charge in [0.1, 0.15) is 12.2 Å². The van der Waals surface area contributed by atoms with E-state index >= 15 is 0 Å². The molecule has 0 unspecified atom stereocenters. The Morgan fingerprint density at radius 3 is 2.35 bits per heavy atom. The minimum atomic E-state index is -0.367. The molecule has 2 rings (SSSR count). The lowest BCUT2D eigenvalue weighted by molar-refractivity contribution is -0.125. The van der Waals surface area contributed by atoms with Gasteiger partial charge in [-0.05, 0) is 31.2 Å². The molecule has 2 amide bonds. The second kappa shape index (κ2) is 7.98. The van der Waals surface area contributed by atoms with Gasteiger partial charge in [0.05, 0.1) is 12.8 Å². The van der Waals surface area contributed by atoms with Gasteiger partial charge in [0.25, 0.3) is 0 Å². The molecule has 5 heteroatoms. The Kier molecular flexibility index (Phi) is 5.74. The fraction of sp³-hybridized carbons (Fsp3) is 0.222. The molecule has 120 valence electrons. The lowest BCUT2D eigenvalue weighted by Gasteiger charge is -2.20. The number of anilines is 2. The Hall–Kier alpha value is -2.82. The maximum absolute atomic E-state index is 12.4. The van der Waals surface area contributed by atoms with Crippen molar-refractivity contribution in [2.75, 3.05) is 23.9 Å². The van der Waals surface area contributed by atoms with Crippen LogP contribution in [-0.2, 0) is 9.59 Å². The minimum absolute atomic E-state index is 0.221. The molecule has 2 aromatic rings. The van der Waals surface area contributed by atoms with Gasteiger partial charge in [-0.2, -0.15) is 0 Å². The Morgan fingerprint density at radius 2 is 1.70 bits per heavy atom. The third-order valence-electron chi connectivity index (χ3n) is 3.38. The van der Waals surface area contributed by atoms with Gasteiger partial charge in [0.2, 0.25) is 11.8 Å². The summed E-state index contributed by atoms with van der Waals surface area (Å²) in [6.07, 6.45) is -0.221. The molecular weight excluding hydrogens is 292 g/mol. The summed E-state index contributed by atoms with van der Waals surface area (Å²) in [6.45, 7) is 2.38. The van der Waals surface area contributed by atoms with Crippen molar-refractivity contribution in [3.63, 3.8) is 0 Å². The first-order valence-electron chi connectivity index (χ1n) is 7.44. The number of hydrogen-bond acceptors (Lipinski definition) is 3. The van der Waals surface area contributed by atoms with Crippen LogP contribution >= 0.6 is 0 Å². The van der Waals surface area contributed by atoms with E-state index in [0.717, 1.165) is 5.69 Å². The van der Waals surface area contributed by atoms with Crippen LogP contribution in [0, 0.1) is 0 Å². The summed E-state index contributed by atoms with van der Waals surface area (Å²) in [5.74, 6) is -0.0521. The van der Waals surface area contributed by atoms with Gasteiger partial charge in [-0.3, -0.25) is 9.59 Å². The predicted octanol–water partition coefficient (Wildman–Crippen LogP) is 3.08. The topological polar surface area (TPSA) is 58.6 Å². The number of para-hydroxylation sites is 3. The molecular formula is C18H20N2O3. The van der Waals surface area contributed by atoms with E-state index in [0.29, 0.717) is 18.0 Å². The highest BCUT2D eigenvalue weighted by Crippen LogP contribution is 2.23. The number of nitrogens with one attached hydrogen (secondary N) is 1. The minimum Gasteiger partial charge on any atom is -0.495 e. The summed E-state index contributed by atoms with van der Waals surface area (Å²) in [6, 6.07) is 16.4. The van der Waals surface area contributed by atoms with E-state index < -0.39 is 0 Å². The molecule has 0 bridgehead atoms. The third-order valence-corrected chi connectivity index (χ3v) is 3.38. The number of ether oxygens (including phenoxy) is 1. The summed E-state index contributed by atoms with van der Waals surface area (Å²) in [4.78, 5) is 26.1. The first-order valence-corrected chi connectivity index (χ1v) is 7.44. The smallest absolute Gasteiger partial charge is 0.236 e. The van der Waals surface area contributed by atoms with Crippen molar-refractivity contribution in [1.29, 1.82) is 0 Å². The molecule has 23 heavy (non-hydrogen) atoms. The fourth-order valence-corrected chi connectivity index (χ4v) is 2.29. The van der Waals surface area contributed by atoms with E-state index in [4.69, 9.17) is 4.74 Å². The van der Waals surface area contributed by atoms with E-state index in [9.17, 15) is 9.59 Å². The summed E-state index contributed by atoms with van der Waals surface area (Å²) >= 11 is 0. The Bertz CT molecular complexity index is 671. The molecule has 0 radical (unpaired) electrons. The maximum Gasteiger partial charge on any atom is 0.236 e. The van der Waals surface area contributed by atoms with E-state index in [2.05, 4.69) is 5.32 Å². The van der Waals surface area contributed by atoms with E-state index in [1.165, 1.54) is 7.11 Å². The zero-order chi connectivity index (χ0) is 16.7. The van der Waals surface area contributed by atoms with Crippen molar-refractivity contribution in [3.8, 4) is 5.75 Å². The highest BCUT2D eigenvalue weighted by Gasteiger charge is 2.18. The molecule has 0 heterocycles. The number of amides is 2. The lowest BCUT2D eigenvalue weighted by atomic mass is 10.2. The molecule has 0 aromatic heterocycles. The Morgan fingerprint density at radius 1 is 1.04 bits per heavy atom. The Balaban J connectivity index is 2.03. The third kappa shape index (κ3) is 4.32. The number of carbonyl (C=O) groups is 2. The van der Waals surface area contributed by atoms with Gasteiger partial charge in [-0.1, -0.05) is 30.3 Å². The molecule has 1 N–H and O–H groups in total. The maximum atomic E-state index is 12.4. The molecule has 0 aliphatic rings. The summed E-state index contributed by atoms with van der Waals surface area (Å²) in [5, 5.41) is 2.71. The number of benzene rings is 2. The van der Waals surface area contributed by atoms with Crippen LogP contribution in [0.1, 0.15) is 13.3 Å². The van der Waals surface area contributed by atoms with Crippen molar-refractivity contribution in [3.05, 3.63) is 54.6 Å². The van der Waals surface area contributed by atoms with Crippen LogP contribution in [0.4, 0.5) is 11.4 Å². The van der Waals surface area contributed by atoms with Gasteiger partial charge >= 0.3 is 0 Å². The van der Waals surface area contributed by atoms with Crippen LogP contribution in [0.15, 0.2) is 54.6 Å². The van der Waals surface area contributed by atoms with Crippen molar-refractivity contribution < 1.29 is 14.3 Å². The molecule has 0 aliphatic heterocycles. The molecule has 0 aliphatic carbocycles. The van der Waals surface area contributed by atoms with Crippen molar-refractivity contribution in [1.82, 2.24) is 0 Å². The number of hydrogen-bond donors (Lipinski definition) is 1. The Labute approximate surface area is 135 Å². The molecule has 0 saturated heterocycles. The van der Waals surface area contributed by atoms with Gasteiger partial charge in [0.15, 0.2) is 0 Å². The fourth-order valence-electron chi connectivity index (χ4n) is 2.29. The average molecular weight is 312 g/mol. The zero-order valence-electron chi connectivity index (χ0n) is 13.3. The molecule has 2 aromatic carbocycles. The predicted molar refractivity (Wildman–Crippen MR) is 90.7 cm³/mol. The average Bonchev–Trinajstić information content (AvgIpc) is 2.57. The number of nitrogens with zero attached hydrogens (tertiary/aromatic N) is 1. The van der Waals surface area contributed by atoms with Crippen molar-refractivity contribution in [2.45, 2.75) is 13.3 Å². The number of rotatable bonds is 6. The summed E-state index contributed by atoms with van der Waals surface area (Å²) in [5.41, 5.74) is 1.33. The second-order valence-corrected chi connectivity index (χ2v) is 4.90. The van der Waals surface area contributed by atoms with Crippen LogP contribution in [0.3, 0.4) is 0 Å². The molecule has 0 spiro atoms. The SMILES string of the molecule is CCN(C(=O)CC(=O)Nc1ccccc1OC)c1ccccc1. The van der Waals surface area contributed by atoms with Gasteiger partial charge in [-0.15, -0.1) is 0 Å². The van der Waals surface area contributed by atoms with Crippen molar-refractivity contribution >= 4 is 23.2 Å². The van der Waals surface area contributed by atoms with Crippen LogP contribution in [0.5, 0.6) is 5.75 Å². The lowest BCUT2D eigenvalue weighted by Crippen LogP contribution is -2.33. The monoisotopic (exact) mass is 312 g/mol. The van der Waals surface area contributed by atoms with Gasteiger partial charge in [0, 0.05) is 12.2 Å². The summed E-state index contributed by atoms with van der Waals surface area (Å²) < 4.78 is 5.18. The molecule has 5 nitrogen and oxygen atoms in total. The van der Waals surface area contributed by atoms with Crippen LogP contribution in [0.2, 0.25) is 0 Å². The highest BCUT2D eigenvalue weighted by atomic mass is 16.5. The number of carbonyl (C=O) groups excluding carboxylic acids is 2. The molecule has 0 fully saturated rings. The molecule has 0 atom stereocenters. The van der Waals surface area contributed by atoms with E-state index in [1.54, 1.807) is 23.1 Å². The molecule has 0 saturated carbocycles. The first kappa shape index (κ1) is 16.5.